The Kier molecular flexibility index (Phi) is 13.1. The summed E-state index contributed by atoms with van der Waals surface area (Å²) in [5.41, 5.74) is 2.01. The van der Waals surface area contributed by atoms with Gasteiger partial charge in [0, 0.05) is 50.5 Å². The highest BCUT2D eigenvalue weighted by Gasteiger charge is 2.33. The van der Waals surface area contributed by atoms with Crippen molar-refractivity contribution in [1.82, 2.24) is 9.47 Å². The van der Waals surface area contributed by atoms with Crippen LogP contribution < -0.4 is 15.4 Å². The number of carbonyl (C=O) groups is 1. The molecule has 1 aromatic heterocycles. The van der Waals surface area contributed by atoms with Gasteiger partial charge in [0.1, 0.15) is 27.6 Å². The second-order valence-electron chi connectivity index (χ2n) is 11.9. The van der Waals surface area contributed by atoms with Gasteiger partial charge in [-0.25, -0.2) is 4.39 Å². The second-order valence-corrected chi connectivity index (χ2v) is 13.5. The molecule has 1 aromatic carbocycles. The number of thioether (sulfide) groups is 1. The Hall–Kier alpha value is -3.16. The van der Waals surface area contributed by atoms with Crippen molar-refractivity contribution in [2.45, 2.75) is 91.5 Å². The number of piperazine rings is 1. The van der Waals surface area contributed by atoms with Crippen LogP contribution in [-0.2, 0) is 11.3 Å². The Balaban J connectivity index is 1.48. The van der Waals surface area contributed by atoms with E-state index in [-0.39, 0.29) is 22.8 Å². The molecule has 2 aliphatic heterocycles. The third-order valence-corrected chi connectivity index (χ3v) is 10.2. The molecule has 2 saturated heterocycles. The number of rotatable bonds is 15. The van der Waals surface area contributed by atoms with Crippen LogP contribution in [0.4, 0.5) is 15.9 Å². The molecule has 3 heterocycles. The van der Waals surface area contributed by atoms with E-state index in [2.05, 4.69) is 22.8 Å². The molecule has 0 unspecified atom stereocenters. The number of hydrogen-bond acceptors (Lipinski definition) is 7. The average Bonchev–Trinajstić information content (AvgIpc) is 3.31. The largest absolute Gasteiger partial charge is 0.368 e. The average molecular weight is 652 g/mol. The maximum absolute atomic E-state index is 13.6. The number of carbonyl (C=O) groups excluding carboxylic acids is 1. The molecular formula is C35H46FN5O2S2. The van der Waals surface area contributed by atoms with E-state index in [1.807, 2.05) is 13.0 Å². The smallest absolute Gasteiger partial charge is 0.270 e. The first-order valence-corrected chi connectivity index (χ1v) is 17.7. The van der Waals surface area contributed by atoms with Gasteiger partial charge in [-0.15, -0.1) is 0 Å². The minimum absolute atomic E-state index is 0.0950. The zero-order valence-corrected chi connectivity index (χ0v) is 28.6. The molecular weight excluding hydrogens is 606 g/mol. The van der Waals surface area contributed by atoms with E-state index in [0.717, 1.165) is 24.3 Å². The molecule has 10 heteroatoms. The molecule has 2 aromatic rings. The highest BCUT2D eigenvalue weighted by molar-refractivity contribution is 8.26. The molecule has 0 atom stereocenters. The van der Waals surface area contributed by atoms with Gasteiger partial charge in [-0.2, -0.15) is 5.26 Å². The van der Waals surface area contributed by atoms with Crippen molar-refractivity contribution in [3.05, 3.63) is 62.0 Å². The van der Waals surface area contributed by atoms with E-state index >= 15 is 0 Å². The molecule has 4 rings (SSSR count). The Morgan fingerprint density at radius 2 is 1.49 bits per heavy atom. The fourth-order valence-corrected chi connectivity index (χ4v) is 7.48. The third-order valence-electron chi connectivity index (χ3n) is 8.82. The van der Waals surface area contributed by atoms with Gasteiger partial charge in [-0.3, -0.25) is 19.1 Å². The monoisotopic (exact) mass is 651 g/mol. The van der Waals surface area contributed by atoms with Crippen molar-refractivity contribution in [2.24, 2.45) is 0 Å². The second kappa shape index (κ2) is 17.0. The number of anilines is 2. The van der Waals surface area contributed by atoms with Crippen LogP contribution in [0, 0.1) is 24.1 Å². The fourth-order valence-electron chi connectivity index (χ4n) is 6.19. The number of nitriles is 1. The molecule has 2 fully saturated rings. The Labute approximate surface area is 277 Å². The summed E-state index contributed by atoms with van der Waals surface area (Å²) in [7, 11) is 0. The van der Waals surface area contributed by atoms with E-state index in [9.17, 15) is 19.2 Å². The number of amides is 1. The molecule has 7 nitrogen and oxygen atoms in total. The van der Waals surface area contributed by atoms with Gasteiger partial charge in [-0.1, -0.05) is 88.7 Å². The Bertz CT molecular complexity index is 1470. The molecule has 0 spiro atoms. The number of nitrogens with zero attached hydrogens (tertiary/aromatic N) is 5. The molecule has 2 aliphatic rings. The van der Waals surface area contributed by atoms with Crippen molar-refractivity contribution in [3.63, 3.8) is 0 Å². The molecule has 45 heavy (non-hydrogen) atoms. The van der Waals surface area contributed by atoms with Crippen LogP contribution in [-0.4, -0.2) is 52.4 Å². The lowest BCUT2D eigenvalue weighted by atomic mass is 10.0. The first kappa shape index (κ1) is 34.7. The number of hydrogen-bond donors (Lipinski definition) is 0. The Morgan fingerprint density at radius 1 is 0.911 bits per heavy atom. The lowest BCUT2D eigenvalue weighted by Crippen LogP contribution is -2.48. The van der Waals surface area contributed by atoms with Crippen molar-refractivity contribution in [3.8, 4) is 6.07 Å². The zero-order chi connectivity index (χ0) is 32.3. The first-order valence-electron chi connectivity index (χ1n) is 16.5. The van der Waals surface area contributed by atoms with Gasteiger partial charge < -0.3 is 9.80 Å². The van der Waals surface area contributed by atoms with Crippen LogP contribution in [0.5, 0.6) is 0 Å². The van der Waals surface area contributed by atoms with Gasteiger partial charge in [0.2, 0.25) is 0 Å². The zero-order valence-electron chi connectivity index (χ0n) is 26.9. The normalized spacial score (nSPS) is 16.2. The first-order chi connectivity index (χ1) is 21.8. The summed E-state index contributed by atoms with van der Waals surface area (Å²) in [4.78, 5) is 33.6. The third kappa shape index (κ3) is 8.56. The van der Waals surface area contributed by atoms with Gasteiger partial charge in [0.25, 0.3) is 11.5 Å². The highest BCUT2D eigenvalue weighted by Crippen LogP contribution is 2.36. The molecule has 0 radical (unpaired) electrons. The molecule has 0 saturated carbocycles. The number of pyridine rings is 1. The fraction of sp³-hybridized carbons (Fsp3) is 0.543. The predicted octanol–water partition coefficient (Wildman–Crippen LogP) is 7.64. The van der Waals surface area contributed by atoms with Crippen LogP contribution in [0.1, 0.15) is 94.7 Å². The van der Waals surface area contributed by atoms with E-state index in [0.29, 0.717) is 59.6 Å². The van der Waals surface area contributed by atoms with Crippen LogP contribution in [0.25, 0.3) is 6.08 Å². The molecule has 0 bridgehead atoms. The summed E-state index contributed by atoms with van der Waals surface area (Å²) in [6, 6.07) is 8.60. The molecule has 242 valence electrons. The van der Waals surface area contributed by atoms with Gasteiger partial charge in [-0.05, 0) is 56.2 Å². The summed E-state index contributed by atoms with van der Waals surface area (Å²) < 4.78 is 15.7. The molecule has 1 amide bonds. The topological polar surface area (TPSA) is 72.6 Å². The Morgan fingerprint density at radius 3 is 2.07 bits per heavy atom. The summed E-state index contributed by atoms with van der Waals surface area (Å²) in [5.74, 6) is 0.342. The minimum Gasteiger partial charge on any atom is -0.368 e. The summed E-state index contributed by atoms with van der Waals surface area (Å²) in [5, 5.41) is 9.91. The lowest BCUT2D eigenvalue weighted by Gasteiger charge is -2.39. The van der Waals surface area contributed by atoms with Crippen molar-refractivity contribution in [2.75, 3.05) is 42.5 Å². The maximum Gasteiger partial charge on any atom is 0.270 e. The van der Waals surface area contributed by atoms with Crippen LogP contribution in [0.2, 0.25) is 0 Å². The van der Waals surface area contributed by atoms with Crippen LogP contribution >= 0.6 is 24.0 Å². The van der Waals surface area contributed by atoms with Crippen molar-refractivity contribution < 1.29 is 9.18 Å². The summed E-state index contributed by atoms with van der Waals surface area (Å²) in [6.07, 6.45) is 14.1. The highest BCUT2D eigenvalue weighted by atomic mass is 32.2. The summed E-state index contributed by atoms with van der Waals surface area (Å²) >= 11 is 6.93. The van der Waals surface area contributed by atoms with Gasteiger partial charge in [0.15, 0.2) is 0 Å². The van der Waals surface area contributed by atoms with Crippen molar-refractivity contribution >= 4 is 51.8 Å². The van der Waals surface area contributed by atoms with E-state index in [1.54, 1.807) is 28.5 Å². The lowest BCUT2D eigenvalue weighted by molar-refractivity contribution is -0.122. The molecule has 0 N–H and O–H groups in total. The van der Waals surface area contributed by atoms with Gasteiger partial charge >= 0.3 is 0 Å². The predicted molar refractivity (Wildman–Crippen MR) is 188 cm³/mol. The molecule has 0 aliphatic carbocycles. The number of halogens is 1. The SMILES string of the molecule is CCCCCCCCCCCCN1C(=O)C(=Cc2c(C)c(C#N)c(=O)n(CC)c2N2CCN(c3ccc(F)cc3)CC2)SC1=S. The van der Waals surface area contributed by atoms with Crippen LogP contribution in [0.15, 0.2) is 34.0 Å². The van der Waals surface area contributed by atoms with Crippen molar-refractivity contribution in [1.29, 1.82) is 5.26 Å². The minimum atomic E-state index is -0.320. The van der Waals surface area contributed by atoms with Gasteiger partial charge in [0.05, 0.1) is 4.91 Å². The van der Waals surface area contributed by atoms with E-state index in [1.165, 1.54) is 75.3 Å². The number of benzene rings is 1. The number of thiocarbonyl (C=S) groups is 1. The number of unbranched alkanes of at least 4 members (excludes halogenated alkanes) is 9. The van der Waals surface area contributed by atoms with E-state index in [4.69, 9.17) is 12.2 Å². The van der Waals surface area contributed by atoms with E-state index < -0.39 is 0 Å². The standard InChI is InChI=1S/C35H46FN5O2S2/c1-4-6-7-8-9-10-11-12-13-14-19-41-34(43)31(45-35(41)44)24-29-26(3)30(25-37)33(42)40(5-2)32(29)39-22-20-38(21-23-39)28-17-15-27(36)16-18-28/h15-18,24H,4-14,19-23H2,1-3H3. The van der Waals surface area contributed by atoms with Crippen LogP contribution in [0.3, 0.4) is 0 Å². The quantitative estimate of drug-likeness (QED) is 0.111. The number of aromatic nitrogens is 1. The summed E-state index contributed by atoms with van der Waals surface area (Å²) in [6.45, 7) is 9.54. The maximum atomic E-state index is 13.6.